The topological polar surface area (TPSA) is 71.5 Å². The van der Waals surface area contributed by atoms with Gasteiger partial charge in [0.2, 0.25) is 5.91 Å². The first-order valence-electron chi connectivity index (χ1n) is 9.82. The predicted molar refractivity (Wildman–Crippen MR) is 109 cm³/mol. The second-order valence-corrected chi connectivity index (χ2v) is 6.87. The Hall–Kier alpha value is -2.73. The third kappa shape index (κ3) is 5.63. The lowest BCUT2D eigenvalue weighted by Crippen LogP contribution is -2.36. The number of ether oxygens (including phenoxy) is 1. The predicted octanol–water partition coefficient (Wildman–Crippen LogP) is 2.76. The Bertz CT molecular complexity index is 799. The molecule has 1 aliphatic rings. The van der Waals surface area contributed by atoms with E-state index in [-0.39, 0.29) is 24.5 Å². The summed E-state index contributed by atoms with van der Waals surface area (Å²) in [6, 6.07) is 11.5. The number of hydrogen-bond acceptors (Lipinski definition) is 5. The molecular weight excluding hydrogens is 354 g/mol. The number of aryl methyl sites for hydroxylation is 1. The Kier molecular flexibility index (Phi) is 7.14. The molecule has 6 nitrogen and oxygen atoms in total. The lowest BCUT2D eigenvalue weighted by Gasteiger charge is -2.28. The average Bonchev–Trinajstić information content (AvgIpc) is 2.77. The molecule has 1 aromatic heterocycles. The van der Waals surface area contributed by atoms with Crippen molar-refractivity contribution in [3.05, 3.63) is 59.3 Å². The molecule has 148 valence electrons. The van der Waals surface area contributed by atoms with E-state index in [1.54, 1.807) is 6.20 Å². The maximum absolute atomic E-state index is 12.2. The number of carbonyl (C=O) groups excluding carboxylic acids is 2. The summed E-state index contributed by atoms with van der Waals surface area (Å²) in [4.78, 5) is 31.0. The summed E-state index contributed by atoms with van der Waals surface area (Å²) in [5.74, 6) is 0.778. The number of morpholine rings is 1. The number of carbonyl (C=O) groups is 2. The van der Waals surface area contributed by atoms with E-state index in [1.165, 1.54) is 5.56 Å². The van der Waals surface area contributed by atoms with Gasteiger partial charge >= 0.3 is 0 Å². The third-order valence-electron chi connectivity index (χ3n) is 4.90. The maximum Gasteiger partial charge on any atom is 0.220 e. The molecular formula is C22H27N3O3. The Morgan fingerprint density at radius 3 is 2.54 bits per heavy atom. The largest absolute Gasteiger partial charge is 0.378 e. The fourth-order valence-corrected chi connectivity index (χ4v) is 3.12. The van der Waals surface area contributed by atoms with Crippen LogP contribution >= 0.6 is 0 Å². The van der Waals surface area contributed by atoms with Crippen molar-refractivity contribution in [2.75, 3.05) is 31.2 Å². The molecule has 1 amide bonds. The number of hydrogen-bond donors (Lipinski definition) is 1. The molecule has 0 aliphatic carbocycles. The van der Waals surface area contributed by atoms with E-state index >= 15 is 0 Å². The van der Waals surface area contributed by atoms with Crippen molar-refractivity contribution >= 4 is 17.5 Å². The molecule has 0 spiro atoms. The van der Waals surface area contributed by atoms with Crippen molar-refractivity contribution in [2.45, 2.75) is 32.7 Å². The zero-order valence-corrected chi connectivity index (χ0v) is 16.3. The highest BCUT2D eigenvalue weighted by Crippen LogP contribution is 2.14. The van der Waals surface area contributed by atoms with E-state index in [9.17, 15) is 9.59 Å². The van der Waals surface area contributed by atoms with Crippen LogP contribution in [0.4, 0.5) is 5.82 Å². The minimum Gasteiger partial charge on any atom is -0.378 e. The van der Waals surface area contributed by atoms with Crippen LogP contribution in [0.2, 0.25) is 0 Å². The van der Waals surface area contributed by atoms with Crippen LogP contribution in [0.25, 0.3) is 0 Å². The first-order chi connectivity index (χ1) is 13.7. The maximum atomic E-state index is 12.2. The van der Waals surface area contributed by atoms with Gasteiger partial charge in [-0.2, -0.15) is 0 Å². The average molecular weight is 381 g/mol. The molecule has 0 bridgehead atoms. The van der Waals surface area contributed by atoms with E-state index < -0.39 is 0 Å². The molecule has 2 aromatic rings. The lowest BCUT2D eigenvalue weighted by molar-refractivity contribution is -0.121. The quantitative estimate of drug-likeness (QED) is 0.712. The van der Waals surface area contributed by atoms with Crippen LogP contribution in [0.3, 0.4) is 0 Å². The number of benzene rings is 1. The summed E-state index contributed by atoms with van der Waals surface area (Å²) >= 11 is 0. The second-order valence-electron chi connectivity index (χ2n) is 6.87. The van der Waals surface area contributed by atoms with Gasteiger partial charge in [0, 0.05) is 44.2 Å². The summed E-state index contributed by atoms with van der Waals surface area (Å²) in [7, 11) is 0. The van der Waals surface area contributed by atoms with E-state index in [0.29, 0.717) is 25.3 Å². The van der Waals surface area contributed by atoms with Gasteiger partial charge in [0.25, 0.3) is 0 Å². The monoisotopic (exact) mass is 381 g/mol. The first-order valence-corrected chi connectivity index (χ1v) is 9.82. The lowest BCUT2D eigenvalue weighted by atomic mass is 10.0. The van der Waals surface area contributed by atoms with Gasteiger partial charge in [-0.1, -0.05) is 31.2 Å². The molecule has 1 fully saturated rings. The summed E-state index contributed by atoms with van der Waals surface area (Å²) in [5, 5.41) is 2.89. The van der Waals surface area contributed by atoms with Crippen LogP contribution in [-0.4, -0.2) is 43.0 Å². The minimum absolute atomic E-state index is 0.00341. The zero-order valence-electron chi connectivity index (χ0n) is 16.3. The van der Waals surface area contributed by atoms with Crippen molar-refractivity contribution in [1.82, 2.24) is 10.3 Å². The summed E-state index contributed by atoms with van der Waals surface area (Å²) in [6.07, 6.45) is 3.11. The van der Waals surface area contributed by atoms with E-state index in [4.69, 9.17) is 4.74 Å². The molecule has 0 atom stereocenters. The highest BCUT2D eigenvalue weighted by molar-refractivity contribution is 5.97. The third-order valence-corrected chi connectivity index (χ3v) is 4.90. The number of nitrogens with zero attached hydrogens (tertiary/aromatic N) is 2. The number of ketones is 1. The van der Waals surface area contributed by atoms with Gasteiger partial charge in [0.1, 0.15) is 5.82 Å². The van der Waals surface area contributed by atoms with Crippen molar-refractivity contribution in [3.8, 4) is 0 Å². The molecule has 28 heavy (non-hydrogen) atoms. The highest BCUT2D eigenvalue weighted by Gasteiger charge is 2.13. The normalized spacial score (nSPS) is 14.0. The number of amides is 1. The molecule has 0 radical (unpaired) electrons. The molecule has 6 heteroatoms. The van der Waals surface area contributed by atoms with E-state index in [1.807, 2.05) is 36.4 Å². The van der Waals surface area contributed by atoms with E-state index in [0.717, 1.165) is 30.9 Å². The number of nitrogens with one attached hydrogen (secondary N) is 1. The zero-order chi connectivity index (χ0) is 19.8. The molecule has 2 heterocycles. The highest BCUT2D eigenvalue weighted by atomic mass is 16.5. The fourth-order valence-electron chi connectivity index (χ4n) is 3.12. The fraction of sp³-hybridized carbons (Fsp3) is 0.409. The molecule has 1 aromatic carbocycles. The Labute approximate surface area is 165 Å². The van der Waals surface area contributed by atoms with Gasteiger partial charge in [0.15, 0.2) is 5.78 Å². The molecule has 1 N–H and O–H groups in total. The van der Waals surface area contributed by atoms with Gasteiger partial charge in [-0.25, -0.2) is 4.98 Å². The van der Waals surface area contributed by atoms with Crippen LogP contribution in [0.5, 0.6) is 0 Å². The first kappa shape index (κ1) is 20.0. The van der Waals surface area contributed by atoms with Crippen LogP contribution in [0.15, 0.2) is 42.6 Å². The van der Waals surface area contributed by atoms with Gasteiger partial charge in [-0.3, -0.25) is 9.59 Å². The number of aromatic nitrogens is 1. The van der Waals surface area contributed by atoms with Crippen LogP contribution in [0.1, 0.15) is 41.3 Å². The Morgan fingerprint density at radius 2 is 1.82 bits per heavy atom. The molecule has 1 saturated heterocycles. The summed E-state index contributed by atoms with van der Waals surface area (Å²) < 4.78 is 5.37. The van der Waals surface area contributed by atoms with Crippen molar-refractivity contribution in [2.24, 2.45) is 0 Å². The van der Waals surface area contributed by atoms with Crippen LogP contribution in [-0.2, 0) is 22.5 Å². The Morgan fingerprint density at radius 1 is 1.07 bits per heavy atom. The van der Waals surface area contributed by atoms with Crippen molar-refractivity contribution in [3.63, 3.8) is 0 Å². The van der Waals surface area contributed by atoms with Crippen LogP contribution in [0, 0.1) is 0 Å². The van der Waals surface area contributed by atoms with Crippen LogP contribution < -0.4 is 10.2 Å². The number of rotatable bonds is 8. The number of anilines is 1. The SMILES string of the molecule is CCc1ccc(C(=O)CCC(=O)NCc2ccnc(N3CCOCC3)c2)cc1. The standard InChI is InChI=1S/C22H27N3O3/c1-2-17-3-5-19(6-4-17)20(26)7-8-22(27)24-16-18-9-10-23-21(15-18)25-11-13-28-14-12-25/h3-6,9-10,15H,2,7-8,11-14,16H2,1H3,(H,24,27). The number of Topliss-reactive ketones (excluding diaryl/α,β-unsaturated/α-hetero) is 1. The van der Waals surface area contributed by atoms with E-state index in [2.05, 4.69) is 22.1 Å². The van der Waals surface area contributed by atoms with Gasteiger partial charge < -0.3 is 15.0 Å². The molecule has 0 saturated carbocycles. The van der Waals surface area contributed by atoms with Gasteiger partial charge in [0.05, 0.1) is 13.2 Å². The van der Waals surface area contributed by atoms with Crippen molar-refractivity contribution in [1.29, 1.82) is 0 Å². The molecule has 0 unspecified atom stereocenters. The summed E-state index contributed by atoms with van der Waals surface area (Å²) in [6.45, 7) is 5.57. The smallest absolute Gasteiger partial charge is 0.220 e. The Balaban J connectivity index is 1.45. The molecule has 3 rings (SSSR count). The number of pyridine rings is 1. The van der Waals surface area contributed by atoms with Gasteiger partial charge in [-0.15, -0.1) is 0 Å². The molecule has 1 aliphatic heterocycles. The second kappa shape index (κ2) is 9.99. The van der Waals surface area contributed by atoms with Crippen molar-refractivity contribution < 1.29 is 14.3 Å². The minimum atomic E-state index is -0.122. The van der Waals surface area contributed by atoms with Gasteiger partial charge in [-0.05, 0) is 29.7 Å². The summed E-state index contributed by atoms with van der Waals surface area (Å²) in [5.41, 5.74) is 2.85.